The number of benzene rings is 1. The number of hydrogen-bond donors (Lipinski definition) is 1. The third-order valence-electron chi connectivity index (χ3n) is 3.62. The van der Waals surface area contributed by atoms with Crippen LogP contribution >= 0.6 is 0 Å². The van der Waals surface area contributed by atoms with Crippen molar-refractivity contribution in [1.82, 2.24) is 0 Å². The highest BCUT2D eigenvalue weighted by Crippen LogP contribution is 2.24. The standard InChI is InChI=1S/C14H15NO3/c16-14(17)13-11(9-15-7-3-4-8-15)10-5-1-2-6-12(10)18-13/h1-2,5-6H,3-4,7-9H2,(H,16,17). The number of aromatic carboxylic acids is 1. The van der Waals surface area contributed by atoms with E-state index < -0.39 is 5.97 Å². The number of rotatable bonds is 3. The molecule has 0 saturated carbocycles. The lowest BCUT2D eigenvalue weighted by atomic mass is 10.1. The molecule has 0 amide bonds. The molecule has 1 aromatic carbocycles. The van der Waals surface area contributed by atoms with Gasteiger partial charge in [0, 0.05) is 18.2 Å². The van der Waals surface area contributed by atoms with Crippen molar-refractivity contribution in [1.29, 1.82) is 0 Å². The highest BCUT2D eigenvalue weighted by Gasteiger charge is 2.22. The van der Waals surface area contributed by atoms with Gasteiger partial charge in [0.1, 0.15) is 18.1 Å². The predicted octanol–water partition coefficient (Wildman–Crippen LogP) is -0.0250. The van der Waals surface area contributed by atoms with Gasteiger partial charge in [-0.25, -0.2) is 0 Å². The summed E-state index contributed by atoms with van der Waals surface area (Å²) >= 11 is 0. The minimum absolute atomic E-state index is 0.00407. The van der Waals surface area contributed by atoms with Crippen LogP contribution in [0.5, 0.6) is 0 Å². The Morgan fingerprint density at radius 1 is 1.28 bits per heavy atom. The maximum Gasteiger partial charge on any atom is 0.159 e. The van der Waals surface area contributed by atoms with Gasteiger partial charge in [-0.05, 0) is 6.07 Å². The molecule has 1 fully saturated rings. The quantitative estimate of drug-likeness (QED) is 0.826. The monoisotopic (exact) mass is 245 g/mol. The summed E-state index contributed by atoms with van der Waals surface area (Å²) in [6.07, 6.45) is 2.43. The van der Waals surface area contributed by atoms with Crippen molar-refractivity contribution >= 4 is 16.9 Å². The van der Waals surface area contributed by atoms with Gasteiger partial charge in [-0.3, -0.25) is 0 Å². The van der Waals surface area contributed by atoms with Crippen LogP contribution in [-0.4, -0.2) is 19.1 Å². The number of para-hydroxylation sites is 1. The summed E-state index contributed by atoms with van der Waals surface area (Å²) in [6.45, 7) is 2.91. The first kappa shape index (κ1) is 11.3. The molecule has 2 aromatic rings. The summed E-state index contributed by atoms with van der Waals surface area (Å²) in [5, 5.41) is 12.1. The van der Waals surface area contributed by atoms with Crippen LogP contribution in [0.2, 0.25) is 0 Å². The Hall–Kier alpha value is -1.81. The van der Waals surface area contributed by atoms with E-state index in [-0.39, 0.29) is 5.76 Å². The van der Waals surface area contributed by atoms with E-state index in [2.05, 4.69) is 0 Å². The number of likely N-dealkylation sites (tertiary alicyclic amines) is 1. The van der Waals surface area contributed by atoms with Gasteiger partial charge < -0.3 is 19.2 Å². The summed E-state index contributed by atoms with van der Waals surface area (Å²) in [5.41, 5.74) is 1.41. The van der Waals surface area contributed by atoms with Crippen molar-refractivity contribution in [3.63, 3.8) is 0 Å². The Labute approximate surface area is 105 Å². The van der Waals surface area contributed by atoms with Crippen LogP contribution in [-0.2, 0) is 6.54 Å². The van der Waals surface area contributed by atoms with Gasteiger partial charge in [-0.1, -0.05) is 18.2 Å². The molecule has 18 heavy (non-hydrogen) atoms. The van der Waals surface area contributed by atoms with Crippen LogP contribution in [0.1, 0.15) is 29.0 Å². The second-order valence-corrected chi connectivity index (χ2v) is 4.83. The fraction of sp³-hybridized carbons (Fsp3) is 0.357. The molecule has 94 valence electrons. The number of carboxylic acid groups (broad SMARTS) is 1. The fourth-order valence-electron chi connectivity index (χ4n) is 2.74. The molecule has 1 aliphatic rings. The van der Waals surface area contributed by atoms with E-state index in [0.29, 0.717) is 12.1 Å². The molecular weight excluding hydrogens is 230 g/mol. The summed E-state index contributed by atoms with van der Waals surface area (Å²) < 4.78 is 5.40. The second kappa shape index (κ2) is 4.46. The van der Waals surface area contributed by atoms with Crippen molar-refractivity contribution in [2.45, 2.75) is 19.4 Å². The lowest BCUT2D eigenvalue weighted by molar-refractivity contribution is -0.901. The first-order valence-electron chi connectivity index (χ1n) is 6.31. The van der Waals surface area contributed by atoms with E-state index in [1.165, 1.54) is 17.7 Å². The van der Waals surface area contributed by atoms with Crippen molar-refractivity contribution in [3.05, 3.63) is 35.6 Å². The maximum absolute atomic E-state index is 11.2. The second-order valence-electron chi connectivity index (χ2n) is 4.83. The van der Waals surface area contributed by atoms with Gasteiger partial charge in [-0.2, -0.15) is 0 Å². The Balaban J connectivity index is 2.05. The average molecular weight is 245 g/mol. The smallest absolute Gasteiger partial charge is 0.159 e. The lowest BCUT2D eigenvalue weighted by Crippen LogP contribution is -3.08. The summed E-state index contributed by atoms with van der Waals surface area (Å²) in [4.78, 5) is 12.6. The van der Waals surface area contributed by atoms with Crippen LogP contribution in [0.4, 0.5) is 0 Å². The Morgan fingerprint density at radius 2 is 2.00 bits per heavy atom. The van der Waals surface area contributed by atoms with E-state index in [1.54, 1.807) is 6.07 Å². The first-order chi connectivity index (χ1) is 8.75. The molecule has 0 bridgehead atoms. The highest BCUT2D eigenvalue weighted by atomic mass is 16.4. The molecule has 0 unspecified atom stereocenters. The van der Waals surface area contributed by atoms with E-state index in [4.69, 9.17) is 4.42 Å². The van der Waals surface area contributed by atoms with Gasteiger partial charge >= 0.3 is 0 Å². The zero-order chi connectivity index (χ0) is 12.5. The molecule has 0 spiro atoms. The summed E-state index contributed by atoms with van der Waals surface area (Å²) in [7, 11) is 0. The minimum atomic E-state index is -1.22. The number of carbonyl (C=O) groups excluding carboxylic acids is 1. The molecule has 1 N–H and O–H groups in total. The first-order valence-corrected chi connectivity index (χ1v) is 6.31. The van der Waals surface area contributed by atoms with E-state index in [0.717, 1.165) is 24.0 Å². The Bertz CT molecular complexity index is 582. The van der Waals surface area contributed by atoms with Crippen LogP contribution in [0, 0.1) is 0 Å². The highest BCUT2D eigenvalue weighted by molar-refractivity contribution is 5.93. The van der Waals surface area contributed by atoms with Crippen molar-refractivity contribution in [2.75, 3.05) is 13.1 Å². The maximum atomic E-state index is 11.2. The minimum Gasteiger partial charge on any atom is -0.542 e. The number of nitrogens with one attached hydrogen (secondary N) is 1. The lowest BCUT2D eigenvalue weighted by Gasteiger charge is -2.12. The molecule has 1 aromatic heterocycles. The average Bonchev–Trinajstić information content (AvgIpc) is 2.98. The third-order valence-corrected chi connectivity index (χ3v) is 3.62. The molecule has 0 aliphatic carbocycles. The number of carboxylic acids is 1. The van der Waals surface area contributed by atoms with Crippen molar-refractivity contribution in [3.8, 4) is 0 Å². The van der Waals surface area contributed by atoms with Crippen LogP contribution in [0.15, 0.2) is 28.7 Å². The third kappa shape index (κ3) is 1.88. The van der Waals surface area contributed by atoms with Gasteiger partial charge in [0.25, 0.3) is 0 Å². The number of furan rings is 1. The molecular formula is C14H15NO3. The van der Waals surface area contributed by atoms with Crippen LogP contribution < -0.4 is 10.0 Å². The van der Waals surface area contributed by atoms with Crippen LogP contribution in [0.25, 0.3) is 11.0 Å². The Kier molecular flexibility index (Phi) is 2.80. The number of carbonyl (C=O) groups is 1. The van der Waals surface area contributed by atoms with Gasteiger partial charge in [0.05, 0.1) is 18.7 Å². The zero-order valence-corrected chi connectivity index (χ0v) is 10.1. The van der Waals surface area contributed by atoms with Gasteiger partial charge in [0.15, 0.2) is 5.76 Å². The molecule has 3 rings (SSSR count). The largest absolute Gasteiger partial charge is 0.542 e. The Morgan fingerprint density at radius 3 is 2.72 bits per heavy atom. The number of quaternary nitrogens is 1. The molecule has 2 heterocycles. The molecule has 0 radical (unpaired) electrons. The predicted molar refractivity (Wildman–Crippen MR) is 64.2 cm³/mol. The number of hydrogen-bond acceptors (Lipinski definition) is 3. The van der Waals surface area contributed by atoms with Gasteiger partial charge in [-0.15, -0.1) is 0 Å². The van der Waals surface area contributed by atoms with Crippen molar-refractivity contribution in [2.24, 2.45) is 0 Å². The SMILES string of the molecule is O=C([O-])c1oc2ccccc2c1C[NH+]1CCCC1. The van der Waals surface area contributed by atoms with E-state index in [1.807, 2.05) is 18.2 Å². The molecule has 0 atom stereocenters. The zero-order valence-electron chi connectivity index (χ0n) is 10.1. The summed E-state index contributed by atoms with van der Waals surface area (Å²) in [5.74, 6) is -1.23. The molecule has 4 heteroatoms. The molecule has 1 saturated heterocycles. The fourth-order valence-corrected chi connectivity index (χ4v) is 2.74. The normalized spacial score (nSPS) is 16.4. The van der Waals surface area contributed by atoms with E-state index in [9.17, 15) is 9.90 Å². The topological polar surface area (TPSA) is 57.7 Å². The van der Waals surface area contributed by atoms with E-state index >= 15 is 0 Å². The van der Waals surface area contributed by atoms with Gasteiger partial charge in [0.2, 0.25) is 0 Å². The molecule has 1 aliphatic heterocycles. The summed E-state index contributed by atoms with van der Waals surface area (Å²) in [6, 6.07) is 7.46. The molecule has 4 nitrogen and oxygen atoms in total. The number of fused-ring (bicyclic) bond motifs is 1. The van der Waals surface area contributed by atoms with Crippen LogP contribution in [0.3, 0.4) is 0 Å². The van der Waals surface area contributed by atoms with Crippen molar-refractivity contribution < 1.29 is 19.2 Å².